The number of carbonyl (C=O) groups excluding carboxylic acids is 2. The Morgan fingerprint density at radius 3 is 2.41 bits per heavy atom. The third-order valence-corrected chi connectivity index (χ3v) is 3.40. The van der Waals surface area contributed by atoms with Gasteiger partial charge in [-0.3, -0.25) is 9.59 Å². The first-order valence-corrected chi connectivity index (χ1v) is 7.18. The summed E-state index contributed by atoms with van der Waals surface area (Å²) in [6.45, 7) is 5.66. The summed E-state index contributed by atoms with van der Waals surface area (Å²) in [5.41, 5.74) is 4.27. The smallest absolute Gasteiger partial charge is 0.243 e. The molecule has 0 spiro atoms. The quantitative estimate of drug-likeness (QED) is 0.829. The van der Waals surface area contributed by atoms with E-state index in [1.54, 1.807) is 24.3 Å². The summed E-state index contributed by atoms with van der Waals surface area (Å²) in [4.78, 5) is 23.6. The lowest BCUT2D eigenvalue weighted by Gasteiger charge is -2.12. The van der Waals surface area contributed by atoms with Crippen LogP contribution in [0.1, 0.15) is 28.4 Å². The number of rotatable bonds is 5. The standard InChI is InChI=1S/C18H20N2O2/c1-12-8-9-16(13(2)10-12)19-11-18(22)20-17-7-5-4-6-15(17)14(3)21/h4-10,19H,11H2,1-3H3,(H,20,22). The first kappa shape index (κ1) is 15.8. The number of hydrogen-bond donors (Lipinski definition) is 2. The van der Waals surface area contributed by atoms with E-state index in [2.05, 4.69) is 16.7 Å². The van der Waals surface area contributed by atoms with Gasteiger partial charge in [0, 0.05) is 11.3 Å². The molecular weight excluding hydrogens is 276 g/mol. The van der Waals surface area contributed by atoms with Crippen molar-refractivity contribution in [3.63, 3.8) is 0 Å². The van der Waals surface area contributed by atoms with Gasteiger partial charge in [0.15, 0.2) is 5.78 Å². The highest BCUT2D eigenvalue weighted by molar-refractivity contribution is 6.04. The molecule has 0 unspecified atom stereocenters. The number of hydrogen-bond acceptors (Lipinski definition) is 3. The van der Waals surface area contributed by atoms with Crippen LogP contribution in [0.4, 0.5) is 11.4 Å². The molecule has 4 heteroatoms. The van der Waals surface area contributed by atoms with Crippen molar-refractivity contribution in [3.05, 3.63) is 59.2 Å². The molecule has 2 aromatic carbocycles. The summed E-state index contributed by atoms with van der Waals surface area (Å²) in [6.07, 6.45) is 0. The first-order chi connectivity index (χ1) is 10.5. The van der Waals surface area contributed by atoms with Crippen molar-refractivity contribution in [3.8, 4) is 0 Å². The van der Waals surface area contributed by atoms with Crippen molar-refractivity contribution in [2.24, 2.45) is 0 Å². The highest BCUT2D eigenvalue weighted by atomic mass is 16.2. The molecule has 0 saturated heterocycles. The van der Waals surface area contributed by atoms with Crippen molar-refractivity contribution >= 4 is 23.1 Å². The van der Waals surface area contributed by atoms with Crippen LogP contribution >= 0.6 is 0 Å². The Hall–Kier alpha value is -2.62. The molecule has 0 atom stereocenters. The van der Waals surface area contributed by atoms with Gasteiger partial charge in [0.1, 0.15) is 0 Å². The van der Waals surface area contributed by atoms with Crippen LogP contribution in [-0.2, 0) is 4.79 Å². The van der Waals surface area contributed by atoms with Crippen molar-refractivity contribution < 1.29 is 9.59 Å². The SMILES string of the molecule is CC(=O)c1ccccc1NC(=O)CNc1ccc(C)cc1C. The fraction of sp³-hybridized carbons (Fsp3) is 0.222. The second-order valence-corrected chi connectivity index (χ2v) is 5.32. The Morgan fingerprint density at radius 1 is 1.00 bits per heavy atom. The molecule has 0 heterocycles. The lowest BCUT2D eigenvalue weighted by molar-refractivity contribution is -0.114. The van der Waals surface area contributed by atoms with E-state index in [-0.39, 0.29) is 18.2 Å². The first-order valence-electron chi connectivity index (χ1n) is 7.18. The molecule has 0 saturated carbocycles. The van der Waals surface area contributed by atoms with Gasteiger partial charge in [-0.2, -0.15) is 0 Å². The fourth-order valence-corrected chi connectivity index (χ4v) is 2.28. The predicted molar refractivity (Wildman–Crippen MR) is 89.5 cm³/mol. The molecular formula is C18H20N2O2. The minimum absolute atomic E-state index is 0.0711. The van der Waals surface area contributed by atoms with E-state index in [9.17, 15) is 9.59 Å². The molecule has 0 aliphatic rings. The maximum absolute atomic E-state index is 12.1. The Kier molecular flexibility index (Phi) is 4.94. The largest absolute Gasteiger partial charge is 0.376 e. The zero-order chi connectivity index (χ0) is 16.1. The van der Waals surface area contributed by atoms with Crippen molar-refractivity contribution in [1.82, 2.24) is 0 Å². The van der Waals surface area contributed by atoms with Crippen LogP contribution in [0.15, 0.2) is 42.5 Å². The average Bonchev–Trinajstić information content (AvgIpc) is 2.46. The van der Waals surface area contributed by atoms with Gasteiger partial charge in [0.2, 0.25) is 5.91 Å². The molecule has 0 fully saturated rings. The third-order valence-electron chi connectivity index (χ3n) is 3.40. The number of carbonyl (C=O) groups is 2. The van der Waals surface area contributed by atoms with E-state index in [0.29, 0.717) is 11.3 Å². The number of nitrogens with one attached hydrogen (secondary N) is 2. The van der Waals surface area contributed by atoms with Crippen LogP contribution in [0, 0.1) is 13.8 Å². The molecule has 114 valence electrons. The number of amides is 1. The van der Waals surface area contributed by atoms with Crippen LogP contribution in [0.25, 0.3) is 0 Å². The Morgan fingerprint density at radius 2 is 1.73 bits per heavy atom. The summed E-state index contributed by atoms with van der Waals surface area (Å²) in [6, 6.07) is 13.0. The molecule has 0 radical (unpaired) electrons. The normalized spacial score (nSPS) is 10.1. The van der Waals surface area contributed by atoms with Crippen LogP contribution < -0.4 is 10.6 Å². The van der Waals surface area contributed by atoms with Crippen LogP contribution in [-0.4, -0.2) is 18.2 Å². The number of ketones is 1. The maximum atomic E-state index is 12.1. The van der Waals surface area contributed by atoms with Crippen LogP contribution in [0.3, 0.4) is 0 Å². The summed E-state index contributed by atoms with van der Waals surface area (Å²) in [5.74, 6) is -0.257. The zero-order valence-corrected chi connectivity index (χ0v) is 13.1. The van der Waals surface area contributed by atoms with Gasteiger partial charge in [-0.1, -0.05) is 29.8 Å². The van der Waals surface area contributed by atoms with Crippen molar-refractivity contribution in [1.29, 1.82) is 0 Å². The molecule has 2 N–H and O–H groups in total. The molecule has 0 aliphatic carbocycles. The topological polar surface area (TPSA) is 58.2 Å². The molecule has 1 amide bonds. The summed E-state index contributed by atoms with van der Waals surface area (Å²) >= 11 is 0. The number of anilines is 2. The Balaban J connectivity index is 2.00. The molecule has 0 aliphatic heterocycles. The van der Waals surface area contributed by atoms with E-state index in [0.717, 1.165) is 11.3 Å². The van der Waals surface area contributed by atoms with Crippen LogP contribution in [0.2, 0.25) is 0 Å². The van der Waals surface area contributed by atoms with Gasteiger partial charge in [0.05, 0.1) is 12.2 Å². The van der Waals surface area contributed by atoms with E-state index in [1.165, 1.54) is 12.5 Å². The zero-order valence-electron chi connectivity index (χ0n) is 13.1. The second kappa shape index (κ2) is 6.89. The van der Waals surface area contributed by atoms with Gasteiger partial charge < -0.3 is 10.6 Å². The van der Waals surface area contributed by atoms with E-state index in [4.69, 9.17) is 0 Å². The van der Waals surface area contributed by atoms with Crippen LogP contribution in [0.5, 0.6) is 0 Å². The summed E-state index contributed by atoms with van der Waals surface area (Å²) in [5, 5.41) is 5.88. The van der Waals surface area contributed by atoms with Gasteiger partial charge in [-0.05, 0) is 44.5 Å². The fourth-order valence-electron chi connectivity index (χ4n) is 2.28. The molecule has 2 rings (SSSR count). The van der Waals surface area contributed by atoms with Gasteiger partial charge in [0.25, 0.3) is 0 Å². The summed E-state index contributed by atoms with van der Waals surface area (Å²) < 4.78 is 0. The molecule has 4 nitrogen and oxygen atoms in total. The Bertz CT molecular complexity index is 708. The van der Waals surface area contributed by atoms with Crippen molar-refractivity contribution in [2.45, 2.75) is 20.8 Å². The lowest BCUT2D eigenvalue weighted by Crippen LogP contribution is -2.23. The highest BCUT2D eigenvalue weighted by Crippen LogP contribution is 2.17. The maximum Gasteiger partial charge on any atom is 0.243 e. The Labute approximate surface area is 130 Å². The number of Topliss-reactive ketones (excluding diaryl/α,β-unsaturated/α-hetero) is 1. The highest BCUT2D eigenvalue weighted by Gasteiger charge is 2.09. The van der Waals surface area contributed by atoms with E-state index >= 15 is 0 Å². The minimum Gasteiger partial charge on any atom is -0.376 e. The molecule has 0 aromatic heterocycles. The van der Waals surface area contributed by atoms with Gasteiger partial charge in [-0.15, -0.1) is 0 Å². The average molecular weight is 296 g/mol. The van der Waals surface area contributed by atoms with Gasteiger partial charge >= 0.3 is 0 Å². The third kappa shape index (κ3) is 3.95. The minimum atomic E-state index is -0.186. The molecule has 0 bridgehead atoms. The monoisotopic (exact) mass is 296 g/mol. The number of benzene rings is 2. The molecule has 22 heavy (non-hydrogen) atoms. The van der Waals surface area contributed by atoms with E-state index < -0.39 is 0 Å². The van der Waals surface area contributed by atoms with Crippen molar-refractivity contribution in [2.75, 3.05) is 17.2 Å². The predicted octanol–water partition coefficient (Wildman–Crippen LogP) is 3.56. The summed E-state index contributed by atoms with van der Waals surface area (Å²) in [7, 11) is 0. The van der Waals surface area contributed by atoms with E-state index in [1.807, 2.05) is 26.0 Å². The second-order valence-electron chi connectivity index (χ2n) is 5.32. The number of para-hydroxylation sites is 1. The lowest BCUT2D eigenvalue weighted by atomic mass is 10.1. The molecule has 2 aromatic rings. The number of aryl methyl sites for hydroxylation is 2. The van der Waals surface area contributed by atoms with Gasteiger partial charge in [-0.25, -0.2) is 0 Å².